The summed E-state index contributed by atoms with van der Waals surface area (Å²) in [7, 11) is 0. The number of fused-ring (bicyclic) bond motifs is 1. The molecule has 1 aromatic heterocycles. The van der Waals surface area contributed by atoms with Crippen LogP contribution in [0.25, 0.3) is 0 Å². The zero-order valence-electron chi connectivity index (χ0n) is 9.83. The summed E-state index contributed by atoms with van der Waals surface area (Å²) < 4.78 is 11.5. The Kier molecular flexibility index (Phi) is 3.43. The van der Waals surface area contributed by atoms with E-state index in [4.69, 9.17) is 9.47 Å². The number of nitrogens with zero attached hydrogens (tertiary/aromatic N) is 1. The van der Waals surface area contributed by atoms with Crippen LogP contribution in [-0.2, 0) is 6.54 Å². The third-order valence-corrected chi connectivity index (χ3v) is 3.36. The number of para-hydroxylation sites is 2. The predicted octanol–water partition coefficient (Wildman–Crippen LogP) is 2.07. The Labute approximate surface area is 110 Å². The molecule has 2 aromatic rings. The number of hydrogen-bond acceptors (Lipinski definition) is 5. The van der Waals surface area contributed by atoms with Gasteiger partial charge in [-0.2, -0.15) is 0 Å². The number of hydrogen-bond donors (Lipinski definition) is 1. The number of benzene rings is 1. The maximum absolute atomic E-state index is 5.85. The number of thiazole rings is 1. The lowest BCUT2D eigenvalue weighted by molar-refractivity contribution is 0.0902. The van der Waals surface area contributed by atoms with E-state index in [1.54, 1.807) is 11.3 Å². The van der Waals surface area contributed by atoms with Gasteiger partial charge in [0.15, 0.2) is 11.5 Å². The molecule has 0 bridgehead atoms. The second kappa shape index (κ2) is 5.37. The van der Waals surface area contributed by atoms with Crippen LogP contribution in [0.15, 0.2) is 35.2 Å². The third-order valence-electron chi connectivity index (χ3n) is 2.73. The van der Waals surface area contributed by atoms with Gasteiger partial charge in [0.2, 0.25) is 0 Å². The maximum Gasteiger partial charge on any atom is 0.161 e. The Hall–Kier alpha value is -1.59. The minimum absolute atomic E-state index is 0.0542. The molecule has 0 saturated carbocycles. The van der Waals surface area contributed by atoms with Crippen molar-refractivity contribution in [2.75, 3.05) is 13.2 Å². The molecule has 1 aliphatic rings. The van der Waals surface area contributed by atoms with E-state index in [1.165, 1.54) is 0 Å². The van der Waals surface area contributed by atoms with Crippen LogP contribution in [0.2, 0.25) is 0 Å². The van der Waals surface area contributed by atoms with E-state index >= 15 is 0 Å². The normalized spacial score (nSPS) is 17.7. The molecule has 0 amide bonds. The number of rotatable bonds is 4. The van der Waals surface area contributed by atoms with Crippen molar-refractivity contribution in [1.82, 2.24) is 10.3 Å². The van der Waals surface area contributed by atoms with E-state index in [-0.39, 0.29) is 6.10 Å². The van der Waals surface area contributed by atoms with Crippen LogP contribution in [0.3, 0.4) is 0 Å². The molecule has 0 fully saturated rings. The fourth-order valence-electron chi connectivity index (χ4n) is 1.85. The van der Waals surface area contributed by atoms with E-state index in [1.807, 2.05) is 35.2 Å². The van der Waals surface area contributed by atoms with E-state index in [0.29, 0.717) is 6.61 Å². The molecule has 1 atom stereocenters. The van der Waals surface area contributed by atoms with Gasteiger partial charge in [0, 0.05) is 18.5 Å². The molecule has 1 aromatic carbocycles. The minimum atomic E-state index is 0.0542. The Morgan fingerprint density at radius 2 is 2.22 bits per heavy atom. The average molecular weight is 262 g/mol. The van der Waals surface area contributed by atoms with Gasteiger partial charge >= 0.3 is 0 Å². The number of ether oxygens (including phenoxy) is 2. The van der Waals surface area contributed by atoms with Crippen LogP contribution in [0.1, 0.15) is 5.69 Å². The van der Waals surface area contributed by atoms with Crippen LogP contribution < -0.4 is 14.8 Å². The highest BCUT2D eigenvalue weighted by atomic mass is 32.1. The standard InChI is InChI=1S/C13H14N2O2S/c1-2-4-13-12(3-1)16-7-11(17-13)6-14-5-10-8-18-9-15-10/h1-4,8-9,11,14H,5-7H2. The molecule has 5 heteroatoms. The van der Waals surface area contributed by atoms with Gasteiger partial charge in [-0.15, -0.1) is 11.3 Å². The molecule has 2 heterocycles. The first-order valence-electron chi connectivity index (χ1n) is 5.88. The molecule has 1 aliphatic heterocycles. The Morgan fingerprint density at radius 1 is 1.33 bits per heavy atom. The van der Waals surface area contributed by atoms with Gasteiger partial charge in [-0.1, -0.05) is 12.1 Å². The quantitative estimate of drug-likeness (QED) is 0.916. The first-order chi connectivity index (χ1) is 8.92. The highest BCUT2D eigenvalue weighted by Crippen LogP contribution is 2.30. The van der Waals surface area contributed by atoms with Crippen LogP contribution in [0.4, 0.5) is 0 Å². The fraction of sp³-hybridized carbons (Fsp3) is 0.308. The summed E-state index contributed by atoms with van der Waals surface area (Å²) in [6, 6.07) is 7.76. The Bertz CT molecular complexity index is 501. The van der Waals surface area contributed by atoms with Crippen LogP contribution >= 0.6 is 11.3 Å². The second-order valence-electron chi connectivity index (χ2n) is 4.11. The molecule has 1 unspecified atom stereocenters. The number of nitrogens with one attached hydrogen (secondary N) is 1. The lowest BCUT2D eigenvalue weighted by Gasteiger charge is -2.26. The molecule has 3 rings (SSSR count). The van der Waals surface area contributed by atoms with Crippen molar-refractivity contribution >= 4 is 11.3 Å². The molecule has 0 aliphatic carbocycles. The van der Waals surface area contributed by atoms with Crippen LogP contribution in [-0.4, -0.2) is 24.2 Å². The summed E-state index contributed by atoms with van der Waals surface area (Å²) in [6.07, 6.45) is 0.0542. The van der Waals surface area contributed by atoms with Gasteiger partial charge in [-0.05, 0) is 12.1 Å². The van der Waals surface area contributed by atoms with Gasteiger partial charge < -0.3 is 14.8 Å². The van der Waals surface area contributed by atoms with Gasteiger partial charge in [-0.25, -0.2) is 4.98 Å². The molecule has 0 spiro atoms. The van der Waals surface area contributed by atoms with E-state index in [0.717, 1.165) is 30.3 Å². The summed E-state index contributed by atoms with van der Waals surface area (Å²) in [4.78, 5) is 4.22. The summed E-state index contributed by atoms with van der Waals surface area (Å²) in [5.41, 5.74) is 2.91. The lowest BCUT2D eigenvalue weighted by atomic mass is 10.2. The molecule has 18 heavy (non-hydrogen) atoms. The highest BCUT2D eigenvalue weighted by Gasteiger charge is 2.19. The Morgan fingerprint density at radius 3 is 3.06 bits per heavy atom. The first kappa shape index (κ1) is 11.5. The van der Waals surface area contributed by atoms with Crippen LogP contribution in [0.5, 0.6) is 11.5 Å². The van der Waals surface area contributed by atoms with Gasteiger partial charge in [0.25, 0.3) is 0 Å². The monoisotopic (exact) mass is 262 g/mol. The third kappa shape index (κ3) is 2.63. The smallest absolute Gasteiger partial charge is 0.161 e. The molecule has 0 radical (unpaired) electrons. The fourth-order valence-corrected chi connectivity index (χ4v) is 2.41. The molecular weight excluding hydrogens is 248 g/mol. The molecule has 94 valence electrons. The van der Waals surface area contributed by atoms with Gasteiger partial charge in [0.1, 0.15) is 12.7 Å². The van der Waals surface area contributed by atoms with Crippen molar-refractivity contribution in [3.8, 4) is 11.5 Å². The van der Waals surface area contributed by atoms with Gasteiger partial charge in [0.05, 0.1) is 11.2 Å². The summed E-state index contributed by atoms with van der Waals surface area (Å²) in [5.74, 6) is 1.65. The average Bonchev–Trinajstić information content (AvgIpc) is 2.92. The molecular formula is C13H14N2O2S. The van der Waals surface area contributed by atoms with Crippen molar-refractivity contribution in [2.45, 2.75) is 12.6 Å². The number of aromatic nitrogens is 1. The minimum Gasteiger partial charge on any atom is -0.486 e. The Balaban J connectivity index is 1.51. The zero-order valence-corrected chi connectivity index (χ0v) is 10.7. The zero-order chi connectivity index (χ0) is 12.2. The lowest BCUT2D eigenvalue weighted by Crippen LogP contribution is -2.38. The van der Waals surface area contributed by atoms with Crippen molar-refractivity contribution < 1.29 is 9.47 Å². The molecule has 1 N–H and O–H groups in total. The van der Waals surface area contributed by atoms with Crippen molar-refractivity contribution in [1.29, 1.82) is 0 Å². The maximum atomic E-state index is 5.85. The molecule has 0 saturated heterocycles. The topological polar surface area (TPSA) is 43.4 Å². The molecule has 4 nitrogen and oxygen atoms in total. The summed E-state index contributed by atoms with van der Waals surface area (Å²) in [6.45, 7) is 2.11. The highest BCUT2D eigenvalue weighted by molar-refractivity contribution is 7.07. The first-order valence-corrected chi connectivity index (χ1v) is 6.82. The van der Waals surface area contributed by atoms with E-state index < -0.39 is 0 Å². The summed E-state index contributed by atoms with van der Waals surface area (Å²) >= 11 is 1.61. The summed E-state index contributed by atoms with van der Waals surface area (Å²) in [5, 5.41) is 5.37. The second-order valence-corrected chi connectivity index (χ2v) is 4.83. The van der Waals surface area contributed by atoms with Crippen molar-refractivity contribution in [2.24, 2.45) is 0 Å². The van der Waals surface area contributed by atoms with Gasteiger partial charge in [-0.3, -0.25) is 0 Å². The van der Waals surface area contributed by atoms with Crippen LogP contribution in [0, 0.1) is 0 Å². The predicted molar refractivity (Wildman–Crippen MR) is 70.2 cm³/mol. The van der Waals surface area contributed by atoms with Crippen molar-refractivity contribution in [3.63, 3.8) is 0 Å². The van der Waals surface area contributed by atoms with Crippen molar-refractivity contribution in [3.05, 3.63) is 40.8 Å². The SMILES string of the molecule is c1ccc2c(c1)OCC(CNCc1cscn1)O2. The largest absolute Gasteiger partial charge is 0.486 e. The van der Waals surface area contributed by atoms with E-state index in [2.05, 4.69) is 10.3 Å². The van der Waals surface area contributed by atoms with E-state index in [9.17, 15) is 0 Å².